The van der Waals surface area contributed by atoms with Gasteiger partial charge in [-0.25, -0.2) is 8.42 Å². The number of benzene rings is 1. The van der Waals surface area contributed by atoms with Gasteiger partial charge < -0.3 is 10.6 Å². The molecule has 0 bridgehead atoms. The summed E-state index contributed by atoms with van der Waals surface area (Å²) in [7, 11) is -3.07. The minimum Gasteiger partial charge on any atom is -0.359 e. The van der Waals surface area contributed by atoms with Gasteiger partial charge in [-0.1, -0.05) is 11.6 Å². The van der Waals surface area contributed by atoms with Crippen LogP contribution in [0.15, 0.2) is 18.2 Å². The molecule has 1 heterocycles. The fraction of sp³-hybridized carbons (Fsp3) is 0.417. The number of halogens is 4. The van der Waals surface area contributed by atoms with E-state index in [2.05, 4.69) is 10.6 Å². The Kier molecular flexibility index (Phi) is 4.88. The topological polar surface area (TPSA) is 58.2 Å². The van der Waals surface area contributed by atoms with E-state index in [4.69, 9.17) is 23.8 Å². The molecule has 1 saturated heterocycles. The first-order valence-electron chi connectivity index (χ1n) is 6.21. The van der Waals surface area contributed by atoms with Crippen molar-refractivity contribution in [2.75, 3.05) is 16.8 Å². The summed E-state index contributed by atoms with van der Waals surface area (Å²) >= 11 is 10.8. The fourth-order valence-electron chi connectivity index (χ4n) is 2.05. The van der Waals surface area contributed by atoms with Crippen molar-refractivity contribution >= 4 is 44.5 Å². The van der Waals surface area contributed by atoms with Crippen molar-refractivity contribution in [1.82, 2.24) is 5.32 Å². The first-order valence-corrected chi connectivity index (χ1v) is 8.82. The van der Waals surface area contributed by atoms with Gasteiger partial charge in [0.25, 0.3) is 0 Å². The van der Waals surface area contributed by atoms with Crippen LogP contribution in [-0.4, -0.2) is 31.1 Å². The molecular formula is C12H12ClF3N2O2S2. The molecule has 1 atom stereocenters. The molecule has 1 unspecified atom stereocenters. The number of thiocarbonyl (C=S) groups is 1. The van der Waals surface area contributed by atoms with Gasteiger partial charge in [0.05, 0.1) is 27.8 Å². The van der Waals surface area contributed by atoms with Crippen LogP contribution in [0.1, 0.15) is 12.0 Å². The monoisotopic (exact) mass is 372 g/mol. The number of anilines is 1. The summed E-state index contributed by atoms with van der Waals surface area (Å²) in [5.41, 5.74) is -0.847. The summed E-state index contributed by atoms with van der Waals surface area (Å²) in [6, 6.07) is 2.49. The number of sulfone groups is 1. The summed E-state index contributed by atoms with van der Waals surface area (Å²) in [5.74, 6) is 0.0166. The molecule has 0 radical (unpaired) electrons. The molecule has 4 nitrogen and oxygen atoms in total. The maximum atomic E-state index is 12.7. The highest BCUT2D eigenvalue weighted by Crippen LogP contribution is 2.33. The number of hydrogen-bond donors (Lipinski definition) is 2. The van der Waals surface area contributed by atoms with Crippen LogP contribution in [-0.2, 0) is 16.0 Å². The van der Waals surface area contributed by atoms with Crippen LogP contribution in [0, 0.1) is 0 Å². The Balaban J connectivity index is 2.05. The summed E-state index contributed by atoms with van der Waals surface area (Å²) in [4.78, 5) is 0. The molecule has 0 spiro atoms. The lowest BCUT2D eigenvalue weighted by atomic mass is 10.2. The highest BCUT2D eigenvalue weighted by atomic mass is 35.5. The Morgan fingerprint density at radius 2 is 2.05 bits per heavy atom. The van der Waals surface area contributed by atoms with Crippen LogP contribution in [0.2, 0.25) is 5.02 Å². The molecule has 1 aromatic carbocycles. The summed E-state index contributed by atoms with van der Waals surface area (Å²) in [6.07, 6.45) is -4.09. The van der Waals surface area contributed by atoms with E-state index in [9.17, 15) is 21.6 Å². The SMILES string of the molecule is O=S1(=O)CCC(NC(=S)Nc2cc(C(F)(F)F)ccc2Cl)C1. The van der Waals surface area contributed by atoms with Crippen LogP contribution < -0.4 is 10.6 Å². The molecule has 122 valence electrons. The Morgan fingerprint density at radius 3 is 2.59 bits per heavy atom. The average Bonchev–Trinajstić information content (AvgIpc) is 2.70. The van der Waals surface area contributed by atoms with Gasteiger partial charge in [0, 0.05) is 6.04 Å². The molecule has 1 aromatic rings. The second-order valence-electron chi connectivity index (χ2n) is 4.89. The van der Waals surface area contributed by atoms with Crippen LogP contribution in [0.4, 0.5) is 18.9 Å². The van der Waals surface area contributed by atoms with Gasteiger partial charge in [-0.3, -0.25) is 0 Å². The van der Waals surface area contributed by atoms with Crippen molar-refractivity contribution in [2.24, 2.45) is 0 Å². The number of rotatable bonds is 2. The van der Waals surface area contributed by atoms with Crippen LogP contribution in [0.25, 0.3) is 0 Å². The molecule has 2 N–H and O–H groups in total. The van der Waals surface area contributed by atoms with E-state index in [1.54, 1.807) is 0 Å². The lowest BCUT2D eigenvalue weighted by Crippen LogP contribution is -2.38. The lowest BCUT2D eigenvalue weighted by molar-refractivity contribution is -0.137. The van der Waals surface area contributed by atoms with Crippen molar-refractivity contribution in [2.45, 2.75) is 18.6 Å². The Labute approximate surface area is 135 Å². The van der Waals surface area contributed by atoms with Crippen molar-refractivity contribution in [3.05, 3.63) is 28.8 Å². The zero-order valence-corrected chi connectivity index (χ0v) is 13.5. The summed E-state index contributed by atoms with van der Waals surface area (Å²) < 4.78 is 60.7. The highest BCUT2D eigenvalue weighted by molar-refractivity contribution is 7.91. The number of alkyl halides is 3. The van der Waals surface area contributed by atoms with E-state index in [0.717, 1.165) is 18.2 Å². The Hall–Kier alpha value is -1.06. The van der Waals surface area contributed by atoms with Crippen LogP contribution >= 0.6 is 23.8 Å². The predicted molar refractivity (Wildman–Crippen MR) is 82.9 cm³/mol. The third-order valence-electron chi connectivity index (χ3n) is 3.11. The maximum Gasteiger partial charge on any atom is 0.416 e. The highest BCUT2D eigenvalue weighted by Gasteiger charge is 2.31. The lowest BCUT2D eigenvalue weighted by Gasteiger charge is -2.16. The normalized spacial score (nSPS) is 20.6. The van der Waals surface area contributed by atoms with Gasteiger partial charge in [0.15, 0.2) is 14.9 Å². The minimum atomic E-state index is -4.49. The predicted octanol–water partition coefficient (Wildman–Crippen LogP) is 2.83. The molecular weight excluding hydrogens is 361 g/mol. The average molecular weight is 373 g/mol. The Morgan fingerprint density at radius 1 is 1.36 bits per heavy atom. The third-order valence-corrected chi connectivity index (χ3v) is 5.43. The first-order chi connectivity index (χ1) is 10.1. The third kappa shape index (κ3) is 4.47. The second-order valence-corrected chi connectivity index (χ2v) is 7.93. The molecule has 10 heteroatoms. The van der Waals surface area contributed by atoms with Gasteiger partial charge in [-0.2, -0.15) is 13.2 Å². The van der Waals surface area contributed by atoms with E-state index >= 15 is 0 Å². The Bertz CT molecular complexity index is 692. The van der Waals surface area contributed by atoms with Crippen molar-refractivity contribution < 1.29 is 21.6 Å². The van der Waals surface area contributed by atoms with E-state index in [1.807, 2.05) is 0 Å². The number of hydrogen-bond acceptors (Lipinski definition) is 3. The van der Waals surface area contributed by atoms with Gasteiger partial charge in [-0.05, 0) is 36.8 Å². The van der Waals surface area contributed by atoms with Gasteiger partial charge >= 0.3 is 6.18 Å². The van der Waals surface area contributed by atoms with Crippen molar-refractivity contribution in [1.29, 1.82) is 0 Å². The van der Waals surface area contributed by atoms with E-state index in [0.29, 0.717) is 6.42 Å². The van der Waals surface area contributed by atoms with E-state index < -0.39 is 21.6 Å². The first kappa shape index (κ1) is 17.3. The molecule has 0 aliphatic carbocycles. The standard InChI is InChI=1S/C12H12ClF3N2O2S2/c13-9-2-1-7(12(14,15)16)5-10(9)18-11(21)17-8-3-4-22(19,20)6-8/h1-2,5,8H,3-4,6H2,(H2,17,18,21). The molecule has 22 heavy (non-hydrogen) atoms. The second kappa shape index (κ2) is 6.21. The molecule has 1 aliphatic heterocycles. The smallest absolute Gasteiger partial charge is 0.359 e. The van der Waals surface area contributed by atoms with Crippen molar-refractivity contribution in [3.63, 3.8) is 0 Å². The minimum absolute atomic E-state index is 0.00912. The molecule has 1 aliphatic rings. The fourth-order valence-corrected chi connectivity index (χ4v) is 4.16. The van der Waals surface area contributed by atoms with E-state index in [-0.39, 0.29) is 33.4 Å². The zero-order valence-electron chi connectivity index (χ0n) is 11.1. The van der Waals surface area contributed by atoms with E-state index in [1.165, 1.54) is 0 Å². The molecule has 0 amide bonds. The zero-order chi connectivity index (χ0) is 16.5. The van der Waals surface area contributed by atoms with Gasteiger partial charge in [0.2, 0.25) is 0 Å². The van der Waals surface area contributed by atoms with Crippen LogP contribution in [0.3, 0.4) is 0 Å². The number of nitrogens with one attached hydrogen (secondary N) is 2. The molecule has 0 saturated carbocycles. The molecule has 2 rings (SSSR count). The van der Waals surface area contributed by atoms with Crippen molar-refractivity contribution in [3.8, 4) is 0 Å². The maximum absolute atomic E-state index is 12.7. The van der Waals surface area contributed by atoms with Gasteiger partial charge in [0.1, 0.15) is 0 Å². The molecule has 1 fully saturated rings. The summed E-state index contributed by atoms with van der Waals surface area (Å²) in [5, 5.41) is 5.45. The largest absolute Gasteiger partial charge is 0.416 e. The molecule has 0 aromatic heterocycles. The quantitative estimate of drug-likeness (QED) is 0.782. The summed E-state index contributed by atoms with van der Waals surface area (Å²) in [6.45, 7) is 0. The van der Waals surface area contributed by atoms with Gasteiger partial charge in [-0.15, -0.1) is 0 Å². The van der Waals surface area contributed by atoms with Crippen LogP contribution in [0.5, 0.6) is 0 Å².